The predicted octanol–water partition coefficient (Wildman–Crippen LogP) is 10.4. The van der Waals surface area contributed by atoms with Gasteiger partial charge >= 0.3 is 12.1 Å². The quantitative estimate of drug-likeness (QED) is 0.0954. The van der Waals surface area contributed by atoms with E-state index >= 15 is 0 Å². The van der Waals surface area contributed by atoms with E-state index in [0.717, 1.165) is 37.5 Å². The van der Waals surface area contributed by atoms with Gasteiger partial charge < -0.3 is 14.8 Å². The van der Waals surface area contributed by atoms with Crippen molar-refractivity contribution < 1.29 is 27.8 Å². The zero-order valence-corrected chi connectivity index (χ0v) is 27.0. The second-order valence-electron chi connectivity index (χ2n) is 12.7. The van der Waals surface area contributed by atoms with Gasteiger partial charge in [-0.25, -0.2) is 18.4 Å². The zero-order valence-electron chi connectivity index (χ0n) is 27.0. The van der Waals surface area contributed by atoms with Crippen LogP contribution in [-0.4, -0.2) is 30.3 Å². The first kappa shape index (κ1) is 37.8. The van der Waals surface area contributed by atoms with Crippen molar-refractivity contribution in [3.05, 3.63) is 35.4 Å². The maximum Gasteiger partial charge on any atom is 0.408 e. The van der Waals surface area contributed by atoms with E-state index < -0.39 is 35.3 Å². The summed E-state index contributed by atoms with van der Waals surface area (Å²) >= 11 is 0. The molecule has 42 heavy (non-hydrogen) atoms. The molecule has 1 atom stereocenters. The van der Waals surface area contributed by atoms with Crippen LogP contribution in [0.2, 0.25) is 0 Å². The van der Waals surface area contributed by atoms with Crippen LogP contribution in [0.25, 0.3) is 0 Å². The summed E-state index contributed by atoms with van der Waals surface area (Å²) in [5.74, 6) is -2.14. The number of amides is 1. The van der Waals surface area contributed by atoms with Crippen molar-refractivity contribution in [2.24, 2.45) is 0 Å². The first-order valence-corrected chi connectivity index (χ1v) is 16.7. The Kier molecular flexibility index (Phi) is 21.0. The Morgan fingerprint density at radius 3 is 1.50 bits per heavy atom. The number of carbonyl (C=O) groups is 2. The molecular formula is C35H59F2NO4. The van der Waals surface area contributed by atoms with Gasteiger partial charge in [-0.15, -0.1) is 0 Å². The Morgan fingerprint density at radius 1 is 0.690 bits per heavy atom. The molecule has 0 aliphatic carbocycles. The van der Waals surface area contributed by atoms with Crippen LogP contribution < -0.4 is 5.32 Å². The van der Waals surface area contributed by atoms with Crippen LogP contribution >= 0.6 is 0 Å². The van der Waals surface area contributed by atoms with E-state index in [0.29, 0.717) is 0 Å². The summed E-state index contributed by atoms with van der Waals surface area (Å²) in [5.41, 5.74) is -0.509. The molecule has 242 valence electrons. The van der Waals surface area contributed by atoms with Crippen LogP contribution in [0.4, 0.5) is 13.6 Å². The summed E-state index contributed by atoms with van der Waals surface area (Å²) in [6, 6.07) is 1.93. The first-order chi connectivity index (χ1) is 20.1. The van der Waals surface area contributed by atoms with Gasteiger partial charge in [0, 0.05) is 12.5 Å². The van der Waals surface area contributed by atoms with Gasteiger partial charge in [0.2, 0.25) is 0 Å². The van der Waals surface area contributed by atoms with E-state index in [2.05, 4.69) is 12.2 Å². The number of ether oxygens (including phenoxy) is 2. The second kappa shape index (κ2) is 23.3. The number of nitrogens with one attached hydrogen (secondary N) is 1. The minimum absolute atomic E-state index is 0.105. The number of hydrogen-bond acceptors (Lipinski definition) is 4. The largest absolute Gasteiger partial charge is 0.464 e. The molecule has 5 nitrogen and oxygen atoms in total. The number of unbranched alkanes of at least 4 members (excludes halogenated alkanes) is 18. The fourth-order valence-corrected chi connectivity index (χ4v) is 5.06. The van der Waals surface area contributed by atoms with Crippen LogP contribution in [0.3, 0.4) is 0 Å². The summed E-state index contributed by atoms with van der Waals surface area (Å²) in [6.07, 6.45) is 23.6. The lowest BCUT2D eigenvalue weighted by molar-refractivity contribution is -0.146. The average molecular weight is 596 g/mol. The van der Waals surface area contributed by atoms with Crippen LogP contribution in [0.15, 0.2) is 18.2 Å². The lowest BCUT2D eigenvalue weighted by atomic mass is 10.0. The summed E-state index contributed by atoms with van der Waals surface area (Å²) < 4.78 is 37.9. The fraction of sp³-hybridized carbons (Fsp3) is 0.771. The van der Waals surface area contributed by atoms with E-state index in [1.54, 1.807) is 20.8 Å². The summed E-state index contributed by atoms with van der Waals surface area (Å²) in [4.78, 5) is 25.0. The van der Waals surface area contributed by atoms with Crippen LogP contribution in [0.5, 0.6) is 0 Å². The molecule has 0 spiro atoms. The maximum absolute atomic E-state index is 13.6. The predicted molar refractivity (Wildman–Crippen MR) is 168 cm³/mol. The van der Waals surface area contributed by atoms with Crippen molar-refractivity contribution in [2.45, 2.75) is 168 Å². The highest BCUT2D eigenvalue weighted by Gasteiger charge is 2.26. The third-order valence-electron chi connectivity index (χ3n) is 7.33. The molecule has 1 N–H and O–H groups in total. The fourth-order valence-electron chi connectivity index (χ4n) is 5.06. The number of alkyl carbamates (subject to hydrolysis) is 1. The van der Waals surface area contributed by atoms with Crippen molar-refractivity contribution in [3.8, 4) is 0 Å². The Balaban J connectivity index is 2.13. The van der Waals surface area contributed by atoms with Crippen molar-refractivity contribution in [1.82, 2.24) is 5.32 Å². The smallest absolute Gasteiger partial charge is 0.408 e. The molecule has 0 saturated heterocycles. The number of halogens is 2. The maximum atomic E-state index is 13.6. The number of rotatable bonds is 24. The van der Waals surface area contributed by atoms with Gasteiger partial charge in [-0.1, -0.05) is 122 Å². The molecule has 0 aromatic heterocycles. The summed E-state index contributed by atoms with van der Waals surface area (Å²) in [7, 11) is 0. The molecule has 1 aromatic carbocycles. The second-order valence-corrected chi connectivity index (χ2v) is 12.7. The topological polar surface area (TPSA) is 64.6 Å². The van der Waals surface area contributed by atoms with E-state index in [-0.39, 0.29) is 18.6 Å². The van der Waals surface area contributed by atoms with Crippen LogP contribution in [0, 0.1) is 11.6 Å². The lowest BCUT2D eigenvalue weighted by Gasteiger charge is -2.23. The van der Waals surface area contributed by atoms with Gasteiger partial charge in [-0.2, -0.15) is 0 Å². The van der Waals surface area contributed by atoms with Crippen LogP contribution in [0.1, 0.15) is 155 Å². The molecule has 0 bridgehead atoms. The molecule has 0 fully saturated rings. The van der Waals surface area contributed by atoms with Gasteiger partial charge in [0.1, 0.15) is 23.3 Å². The van der Waals surface area contributed by atoms with Gasteiger partial charge in [0.15, 0.2) is 0 Å². The highest BCUT2D eigenvalue weighted by atomic mass is 19.1. The van der Waals surface area contributed by atoms with E-state index in [1.165, 1.54) is 103 Å². The zero-order chi connectivity index (χ0) is 31.1. The Hall–Kier alpha value is -2.18. The highest BCUT2D eigenvalue weighted by molar-refractivity contribution is 5.81. The number of hydrogen-bond donors (Lipinski definition) is 1. The number of carbonyl (C=O) groups excluding carboxylic acids is 2. The molecule has 1 aromatic rings. The normalized spacial score (nSPS) is 12.2. The number of esters is 1. The van der Waals surface area contributed by atoms with E-state index in [4.69, 9.17) is 9.47 Å². The van der Waals surface area contributed by atoms with Crippen LogP contribution in [-0.2, 0) is 20.7 Å². The minimum Gasteiger partial charge on any atom is -0.464 e. The Morgan fingerprint density at radius 2 is 1.10 bits per heavy atom. The first-order valence-electron chi connectivity index (χ1n) is 16.7. The van der Waals surface area contributed by atoms with Crippen molar-refractivity contribution >= 4 is 12.1 Å². The summed E-state index contributed by atoms with van der Waals surface area (Å²) in [5, 5.41) is 2.49. The molecule has 0 saturated carbocycles. The minimum atomic E-state index is -1.11. The molecule has 0 unspecified atom stereocenters. The summed E-state index contributed by atoms with van der Waals surface area (Å²) in [6.45, 7) is 7.64. The Labute approximate surface area is 254 Å². The standard InChI is InChI=1S/C35H59F2NO4/c1-5-6-7-8-9-10-11-12-13-14-15-16-17-18-19-20-21-22-23-24-41-33(39)32(38-34(40)42-35(2,3)4)27-29-25-30(36)28-31(37)26-29/h25-26,28,32H,5-24,27H2,1-4H3,(H,38,40)/t32-/m0/s1. The third-order valence-corrected chi connectivity index (χ3v) is 7.33. The number of benzene rings is 1. The molecular weight excluding hydrogens is 536 g/mol. The van der Waals surface area contributed by atoms with Gasteiger partial charge in [0.25, 0.3) is 0 Å². The monoisotopic (exact) mass is 595 g/mol. The van der Waals surface area contributed by atoms with Crippen molar-refractivity contribution in [2.75, 3.05) is 6.61 Å². The highest BCUT2D eigenvalue weighted by Crippen LogP contribution is 2.16. The molecule has 0 heterocycles. The molecule has 7 heteroatoms. The van der Waals surface area contributed by atoms with Gasteiger partial charge in [-0.3, -0.25) is 0 Å². The van der Waals surface area contributed by atoms with Crippen molar-refractivity contribution in [3.63, 3.8) is 0 Å². The lowest BCUT2D eigenvalue weighted by Crippen LogP contribution is -2.45. The average Bonchev–Trinajstić information content (AvgIpc) is 2.90. The third kappa shape index (κ3) is 21.5. The van der Waals surface area contributed by atoms with E-state index in [9.17, 15) is 18.4 Å². The Bertz CT molecular complexity index is 836. The van der Waals surface area contributed by atoms with Gasteiger partial charge in [0.05, 0.1) is 6.61 Å². The van der Waals surface area contributed by atoms with Crippen molar-refractivity contribution in [1.29, 1.82) is 0 Å². The molecule has 0 aliphatic rings. The van der Waals surface area contributed by atoms with E-state index in [1.807, 2.05) is 0 Å². The molecule has 1 rings (SSSR count). The van der Waals surface area contributed by atoms with Gasteiger partial charge in [-0.05, 0) is 44.9 Å². The molecule has 0 aliphatic heterocycles. The molecule has 1 amide bonds. The molecule has 0 radical (unpaired) electrons. The SMILES string of the molecule is CCCCCCCCCCCCCCCCCCCCCOC(=O)[C@H](Cc1cc(F)cc(F)c1)NC(=O)OC(C)(C)C.